The van der Waals surface area contributed by atoms with Crippen molar-refractivity contribution >= 4 is 28.6 Å². The predicted octanol–water partition coefficient (Wildman–Crippen LogP) is 4.25. The Bertz CT molecular complexity index is 1180. The molecule has 1 amide bonds. The molecule has 0 saturated carbocycles. The van der Waals surface area contributed by atoms with Crippen molar-refractivity contribution in [1.82, 2.24) is 25.2 Å². The SMILES string of the molecule is Cc1cc2c(F)c(Oc3ncnc(SC(C)C(=O)NCCN4CCOCC4)c3C(C)C)ccc2[nH]1. The molecule has 10 heteroatoms. The van der Waals surface area contributed by atoms with E-state index >= 15 is 4.39 Å². The number of nitrogens with one attached hydrogen (secondary N) is 2. The molecule has 1 fully saturated rings. The van der Waals surface area contributed by atoms with E-state index in [2.05, 4.69) is 25.2 Å². The molecule has 4 rings (SSSR count). The molecule has 1 aliphatic heterocycles. The number of carbonyl (C=O) groups is 1. The van der Waals surface area contributed by atoms with E-state index in [1.54, 1.807) is 18.2 Å². The number of fused-ring (bicyclic) bond motifs is 1. The van der Waals surface area contributed by atoms with E-state index in [1.165, 1.54) is 18.1 Å². The van der Waals surface area contributed by atoms with E-state index in [0.29, 0.717) is 28.4 Å². The zero-order valence-electron chi connectivity index (χ0n) is 20.6. The first-order chi connectivity index (χ1) is 16.8. The first kappa shape index (κ1) is 25.4. The summed E-state index contributed by atoms with van der Waals surface area (Å²) >= 11 is 1.35. The van der Waals surface area contributed by atoms with E-state index in [9.17, 15) is 4.79 Å². The number of amides is 1. The molecule has 2 aromatic heterocycles. The van der Waals surface area contributed by atoms with Crippen LogP contribution in [0.3, 0.4) is 0 Å². The van der Waals surface area contributed by atoms with Gasteiger partial charge in [0.25, 0.3) is 0 Å². The lowest BCUT2D eigenvalue weighted by molar-refractivity contribution is -0.120. The zero-order valence-corrected chi connectivity index (χ0v) is 21.4. The highest BCUT2D eigenvalue weighted by Gasteiger charge is 2.23. The van der Waals surface area contributed by atoms with E-state index < -0.39 is 5.82 Å². The van der Waals surface area contributed by atoms with Crippen molar-refractivity contribution in [3.05, 3.63) is 41.6 Å². The standard InChI is InChI=1S/C25H32FN5O3S/c1-15(2)21-24(34-20-6-5-19-18(22(20)26)13-16(3)30-19)28-14-29-25(21)35-17(4)23(32)27-7-8-31-9-11-33-12-10-31/h5-6,13-15,17,30H,7-12H2,1-4H3,(H,27,32). The summed E-state index contributed by atoms with van der Waals surface area (Å²) in [5, 5.41) is 3.77. The number of carbonyl (C=O) groups excluding carboxylic acids is 1. The van der Waals surface area contributed by atoms with Crippen LogP contribution in [0, 0.1) is 12.7 Å². The van der Waals surface area contributed by atoms with E-state index in [4.69, 9.17) is 9.47 Å². The van der Waals surface area contributed by atoms with Crippen molar-refractivity contribution in [2.45, 2.75) is 43.9 Å². The van der Waals surface area contributed by atoms with Crippen molar-refractivity contribution in [3.8, 4) is 11.6 Å². The van der Waals surface area contributed by atoms with Crippen LogP contribution in [0.1, 0.15) is 37.9 Å². The molecule has 35 heavy (non-hydrogen) atoms. The zero-order chi connectivity index (χ0) is 24.9. The second kappa shape index (κ2) is 11.4. The van der Waals surface area contributed by atoms with Crippen LogP contribution in [0.25, 0.3) is 10.9 Å². The van der Waals surface area contributed by atoms with Gasteiger partial charge in [0.15, 0.2) is 11.6 Å². The van der Waals surface area contributed by atoms with Gasteiger partial charge >= 0.3 is 0 Å². The fourth-order valence-electron chi connectivity index (χ4n) is 4.03. The average Bonchev–Trinajstić information content (AvgIpc) is 3.22. The summed E-state index contributed by atoms with van der Waals surface area (Å²) in [5.74, 6) is -0.0998. The van der Waals surface area contributed by atoms with Crippen LogP contribution in [-0.4, -0.2) is 70.4 Å². The van der Waals surface area contributed by atoms with Crippen molar-refractivity contribution < 1.29 is 18.7 Å². The molecule has 188 valence electrons. The van der Waals surface area contributed by atoms with Gasteiger partial charge in [-0.25, -0.2) is 14.4 Å². The summed E-state index contributed by atoms with van der Waals surface area (Å²) in [7, 11) is 0. The van der Waals surface area contributed by atoms with Crippen LogP contribution < -0.4 is 10.1 Å². The number of aromatic nitrogens is 3. The lowest BCUT2D eigenvalue weighted by Gasteiger charge is -2.26. The summed E-state index contributed by atoms with van der Waals surface area (Å²) in [6, 6.07) is 5.13. The molecule has 0 radical (unpaired) electrons. The number of morpholine rings is 1. The maximum atomic E-state index is 15.1. The quantitative estimate of drug-likeness (QED) is 0.335. The Labute approximate surface area is 209 Å². The lowest BCUT2D eigenvalue weighted by Crippen LogP contribution is -2.42. The van der Waals surface area contributed by atoms with Gasteiger partial charge in [-0.3, -0.25) is 9.69 Å². The van der Waals surface area contributed by atoms with Gasteiger partial charge in [0, 0.05) is 48.3 Å². The minimum Gasteiger partial charge on any atom is -0.435 e. The number of hydrogen-bond donors (Lipinski definition) is 2. The highest BCUT2D eigenvalue weighted by Crippen LogP contribution is 2.38. The predicted molar refractivity (Wildman–Crippen MR) is 135 cm³/mol. The third-order valence-corrected chi connectivity index (χ3v) is 7.04. The molecule has 0 bridgehead atoms. The van der Waals surface area contributed by atoms with Gasteiger partial charge in [-0.1, -0.05) is 25.6 Å². The largest absolute Gasteiger partial charge is 0.435 e. The average molecular weight is 502 g/mol. The third-order valence-electron chi connectivity index (χ3n) is 5.92. The van der Waals surface area contributed by atoms with Crippen molar-refractivity contribution in [2.75, 3.05) is 39.4 Å². The molecule has 2 N–H and O–H groups in total. The molecule has 1 aromatic carbocycles. The molecule has 1 saturated heterocycles. The van der Waals surface area contributed by atoms with Gasteiger partial charge < -0.3 is 19.8 Å². The molecular formula is C25H32FN5O3S. The Hall–Kier alpha value is -2.69. The Balaban J connectivity index is 1.46. The normalized spacial score (nSPS) is 15.5. The first-order valence-electron chi connectivity index (χ1n) is 11.9. The molecule has 1 aliphatic rings. The highest BCUT2D eigenvalue weighted by molar-refractivity contribution is 8.00. The molecule has 0 spiro atoms. The molecule has 1 atom stereocenters. The van der Waals surface area contributed by atoms with Crippen molar-refractivity contribution in [1.29, 1.82) is 0 Å². The van der Waals surface area contributed by atoms with Gasteiger partial charge in [0.05, 0.1) is 18.5 Å². The van der Waals surface area contributed by atoms with Gasteiger partial charge in [-0.2, -0.15) is 0 Å². The monoisotopic (exact) mass is 501 g/mol. The van der Waals surface area contributed by atoms with Crippen molar-refractivity contribution in [3.63, 3.8) is 0 Å². The summed E-state index contributed by atoms with van der Waals surface area (Å²) < 4.78 is 26.4. The Morgan fingerprint density at radius 2 is 2.06 bits per heavy atom. The number of aryl methyl sites for hydroxylation is 1. The fraction of sp³-hybridized carbons (Fsp3) is 0.480. The Morgan fingerprint density at radius 1 is 1.29 bits per heavy atom. The van der Waals surface area contributed by atoms with Crippen LogP contribution in [0.2, 0.25) is 0 Å². The van der Waals surface area contributed by atoms with Gasteiger partial charge in [-0.15, -0.1) is 0 Å². The number of H-pyrrole nitrogens is 1. The number of rotatable bonds is 9. The third kappa shape index (κ3) is 6.12. The highest BCUT2D eigenvalue weighted by atomic mass is 32.2. The number of thioether (sulfide) groups is 1. The molecule has 3 aromatic rings. The molecular weight excluding hydrogens is 469 g/mol. The van der Waals surface area contributed by atoms with Crippen LogP contribution in [0.15, 0.2) is 29.6 Å². The lowest BCUT2D eigenvalue weighted by atomic mass is 10.1. The van der Waals surface area contributed by atoms with Crippen LogP contribution in [0.4, 0.5) is 4.39 Å². The number of benzene rings is 1. The summed E-state index contributed by atoms with van der Waals surface area (Å²) in [6.45, 7) is 12.4. The van der Waals surface area contributed by atoms with E-state index in [-0.39, 0.29) is 22.8 Å². The number of aromatic amines is 1. The van der Waals surface area contributed by atoms with Crippen LogP contribution in [-0.2, 0) is 9.53 Å². The number of nitrogens with zero attached hydrogens (tertiary/aromatic N) is 3. The Kier molecular flexibility index (Phi) is 8.25. The molecule has 0 aliphatic carbocycles. The topological polar surface area (TPSA) is 92.4 Å². The minimum absolute atomic E-state index is 0.00609. The van der Waals surface area contributed by atoms with E-state index in [1.807, 2.05) is 27.7 Å². The summed E-state index contributed by atoms with van der Waals surface area (Å²) in [6.07, 6.45) is 1.39. The number of halogens is 1. The molecule has 3 heterocycles. The first-order valence-corrected chi connectivity index (χ1v) is 12.8. The minimum atomic E-state index is -0.442. The van der Waals surface area contributed by atoms with Crippen LogP contribution >= 0.6 is 11.8 Å². The summed E-state index contributed by atoms with van der Waals surface area (Å²) in [4.78, 5) is 26.8. The van der Waals surface area contributed by atoms with Gasteiger partial charge in [0.1, 0.15) is 11.4 Å². The molecule has 8 nitrogen and oxygen atoms in total. The number of hydrogen-bond acceptors (Lipinski definition) is 7. The summed E-state index contributed by atoms with van der Waals surface area (Å²) in [5.41, 5.74) is 2.33. The molecule has 1 unspecified atom stereocenters. The number of ether oxygens (including phenoxy) is 2. The smallest absolute Gasteiger partial charge is 0.233 e. The van der Waals surface area contributed by atoms with E-state index in [0.717, 1.165) is 44.1 Å². The maximum Gasteiger partial charge on any atom is 0.233 e. The van der Waals surface area contributed by atoms with Crippen molar-refractivity contribution in [2.24, 2.45) is 0 Å². The maximum absolute atomic E-state index is 15.1. The fourth-order valence-corrected chi connectivity index (χ4v) is 5.11. The second-order valence-electron chi connectivity index (χ2n) is 8.95. The Morgan fingerprint density at radius 3 is 2.80 bits per heavy atom. The van der Waals surface area contributed by atoms with Crippen LogP contribution in [0.5, 0.6) is 11.6 Å². The van der Waals surface area contributed by atoms with Gasteiger partial charge in [-0.05, 0) is 38.0 Å². The van der Waals surface area contributed by atoms with Gasteiger partial charge in [0.2, 0.25) is 11.8 Å². The second-order valence-corrected chi connectivity index (χ2v) is 10.3.